The summed E-state index contributed by atoms with van der Waals surface area (Å²) in [4.78, 5) is 26.6. The first-order valence-corrected chi connectivity index (χ1v) is 37.9. The van der Waals surface area contributed by atoms with Crippen LogP contribution in [0.2, 0.25) is 15.1 Å². The van der Waals surface area contributed by atoms with Crippen LogP contribution in [-0.2, 0) is 72.5 Å². The van der Waals surface area contributed by atoms with E-state index in [-0.39, 0.29) is 51.5 Å². The first-order chi connectivity index (χ1) is 46.7. The molecule has 1 unspecified atom stereocenters. The van der Waals surface area contributed by atoms with Crippen molar-refractivity contribution in [3.63, 3.8) is 0 Å². The molecule has 12 rings (SSSR count). The second-order valence-corrected chi connectivity index (χ2v) is 31.7. The van der Waals surface area contributed by atoms with Gasteiger partial charge in [0.25, 0.3) is 0 Å². The number of hydrogen-bond donors (Lipinski definition) is 1. The van der Waals surface area contributed by atoms with Gasteiger partial charge in [-0.05, 0) is 120 Å². The highest BCUT2D eigenvalue weighted by Gasteiger charge is 2.32. The van der Waals surface area contributed by atoms with E-state index in [1.165, 1.54) is 6.07 Å². The number of rotatable bonds is 21. The van der Waals surface area contributed by atoms with Gasteiger partial charge in [-0.2, -0.15) is 0 Å². The van der Waals surface area contributed by atoms with Crippen LogP contribution in [0, 0.1) is 34.9 Å². The van der Waals surface area contributed by atoms with Crippen molar-refractivity contribution < 1.29 is 61.5 Å². The van der Waals surface area contributed by atoms with Crippen LogP contribution in [0.3, 0.4) is 0 Å². The maximum absolute atomic E-state index is 15.2. The maximum Gasteiger partial charge on any atom is 0.199 e. The molecule has 98 heavy (non-hydrogen) atoms. The van der Waals surface area contributed by atoms with Gasteiger partial charge in [0.1, 0.15) is 41.0 Å². The Labute approximate surface area is 580 Å². The Hall–Kier alpha value is -8.08. The van der Waals surface area contributed by atoms with Gasteiger partial charge in [0, 0.05) is 121 Å². The Kier molecular flexibility index (Phi) is 23.0. The van der Waals surface area contributed by atoms with E-state index in [0.717, 1.165) is 80.5 Å². The van der Waals surface area contributed by atoms with Crippen molar-refractivity contribution >= 4 is 86.8 Å². The fourth-order valence-corrected chi connectivity index (χ4v) is 16.6. The number of halogens is 9. The maximum atomic E-state index is 15.2. The van der Waals surface area contributed by atoms with E-state index in [4.69, 9.17) is 34.8 Å². The molecule has 0 fully saturated rings. The number of carbonyl (C=O) groups is 1. The van der Waals surface area contributed by atoms with Crippen LogP contribution in [0.25, 0.3) is 50.1 Å². The zero-order valence-corrected chi connectivity index (χ0v) is 57.8. The first kappa shape index (κ1) is 72.7. The molecule has 3 heterocycles. The van der Waals surface area contributed by atoms with Gasteiger partial charge in [-0.15, -0.1) is 0 Å². The van der Waals surface area contributed by atoms with Gasteiger partial charge in [0.15, 0.2) is 35.3 Å². The molecule has 0 saturated heterocycles. The van der Waals surface area contributed by atoms with Gasteiger partial charge >= 0.3 is 0 Å². The van der Waals surface area contributed by atoms with Gasteiger partial charge in [0.05, 0.1) is 62.7 Å². The molecular weight excluding hydrogens is 1390 g/mol. The van der Waals surface area contributed by atoms with Crippen molar-refractivity contribution in [3.05, 3.63) is 281 Å². The number of fused-ring (bicyclic) bond motifs is 3. The fraction of sp³-hybridized carbons (Fsp3) is 0.227. The summed E-state index contributed by atoms with van der Waals surface area (Å²) in [6, 6.07) is 33.7. The minimum Gasteiger partial charge on any atom is -0.383 e. The topological polar surface area (TPSA) is 178 Å². The number of aliphatic hydroxyl groups is 1. The Bertz CT molecular complexity index is 5020. The predicted octanol–water partition coefficient (Wildman–Crippen LogP) is 17.7. The molecule has 3 aliphatic carbocycles. The van der Waals surface area contributed by atoms with Crippen molar-refractivity contribution in [1.82, 2.24) is 15.0 Å². The molecule has 23 heteroatoms. The summed E-state index contributed by atoms with van der Waals surface area (Å²) in [7, 11) is -10.6. The van der Waals surface area contributed by atoms with Gasteiger partial charge in [-0.3, -0.25) is 19.7 Å². The molecular formula is C75H64Cl3F6N3O8S3. The summed E-state index contributed by atoms with van der Waals surface area (Å²) in [5, 5.41) is 12.8. The first-order valence-electron chi connectivity index (χ1n) is 31.3. The molecule has 508 valence electrons. The van der Waals surface area contributed by atoms with E-state index in [1.54, 1.807) is 94.0 Å². The van der Waals surface area contributed by atoms with E-state index in [2.05, 4.69) is 15.0 Å². The fourth-order valence-electron chi connectivity index (χ4n) is 11.9. The number of nitrogens with zero attached hydrogens (tertiary/aromatic N) is 3. The lowest BCUT2D eigenvalue weighted by atomic mass is 9.94. The van der Waals surface area contributed by atoms with Crippen molar-refractivity contribution in [3.8, 4) is 33.4 Å². The number of pyridine rings is 3. The molecule has 0 radical (unpaired) electrons. The van der Waals surface area contributed by atoms with Crippen LogP contribution in [-0.4, -0.2) is 68.4 Å². The average molecular weight is 1450 g/mol. The Morgan fingerprint density at radius 1 is 0.459 bits per heavy atom. The van der Waals surface area contributed by atoms with E-state index in [0.29, 0.717) is 81.7 Å². The summed E-state index contributed by atoms with van der Waals surface area (Å²) < 4.78 is 162. The molecule has 6 aromatic carbocycles. The summed E-state index contributed by atoms with van der Waals surface area (Å²) >= 11 is 17.9. The zero-order chi connectivity index (χ0) is 70.4. The third kappa shape index (κ3) is 17.0. The van der Waals surface area contributed by atoms with Crippen LogP contribution in [0.1, 0.15) is 118 Å². The van der Waals surface area contributed by atoms with Crippen LogP contribution in [0.15, 0.2) is 164 Å². The highest BCUT2D eigenvalue weighted by Crippen LogP contribution is 2.42. The molecule has 3 aliphatic rings. The van der Waals surface area contributed by atoms with Gasteiger partial charge < -0.3 is 5.11 Å². The van der Waals surface area contributed by atoms with Crippen LogP contribution in [0.5, 0.6) is 0 Å². The number of sulfone groups is 3. The summed E-state index contributed by atoms with van der Waals surface area (Å²) in [5.41, 5.74) is 8.53. The Morgan fingerprint density at radius 3 is 1.33 bits per heavy atom. The molecule has 0 spiro atoms. The summed E-state index contributed by atoms with van der Waals surface area (Å²) in [6.45, 7) is 5.16. The smallest absolute Gasteiger partial charge is 0.199 e. The quantitative estimate of drug-likeness (QED) is 0.0535. The Morgan fingerprint density at radius 2 is 0.847 bits per heavy atom. The number of ketones is 1. The lowest BCUT2D eigenvalue weighted by Crippen LogP contribution is -2.14. The normalized spacial score (nSPS) is 13.5. The van der Waals surface area contributed by atoms with E-state index >= 15 is 13.2 Å². The third-order valence-electron chi connectivity index (χ3n) is 16.7. The van der Waals surface area contributed by atoms with Crippen LogP contribution in [0.4, 0.5) is 26.3 Å². The monoisotopic (exact) mass is 1450 g/mol. The zero-order valence-electron chi connectivity index (χ0n) is 53.1. The summed E-state index contributed by atoms with van der Waals surface area (Å²) in [6.07, 6.45) is 11.3. The molecule has 0 saturated carbocycles. The van der Waals surface area contributed by atoms with Crippen LogP contribution >= 0.6 is 34.8 Å². The van der Waals surface area contributed by atoms with Crippen molar-refractivity contribution in [1.29, 1.82) is 0 Å². The van der Waals surface area contributed by atoms with Crippen molar-refractivity contribution in [2.24, 2.45) is 0 Å². The number of aliphatic hydroxyl groups excluding tert-OH is 1. The van der Waals surface area contributed by atoms with Crippen molar-refractivity contribution in [2.75, 3.05) is 17.3 Å². The molecule has 3 aromatic heterocycles. The number of hydrogen-bond acceptors (Lipinski definition) is 11. The molecule has 0 bridgehead atoms. The number of Topliss-reactive ketones (excluding diaryl/α,β-unsaturated/α-hetero) is 1. The SMILES string of the molecule is CCCS(=O)(=O)Cc1ccc(F)c(C(=O)C2=CCc3ncc(-c4ccc(Cl)cc4)cc32)c1F.CCCS(=O)(=O)Cc1ccc(F)c(C(O)C2=CCc3ncc(-c4ccc(Cl)cc4)cc32)c1F.CCCS(=O)(=O)Cc1ccc(F)c(CC2=CCc3ncc(-c4ccc(Cl)cc4)cc32)c1F. The molecule has 1 N–H and O–H groups in total. The van der Waals surface area contributed by atoms with Crippen LogP contribution < -0.4 is 0 Å². The molecule has 11 nitrogen and oxygen atoms in total. The molecule has 1 atom stereocenters. The van der Waals surface area contributed by atoms with Gasteiger partial charge in [-0.1, -0.05) is 128 Å². The number of carbonyl (C=O) groups excluding carboxylic acids is 1. The lowest BCUT2D eigenvalue weighted by molar-refractivity contribution is 0.104. The minimum absolute atomic E-state index is 0.00158. The van der Waals surface area contributed by atoms with E-state index in [1.807, 2.05) is 54.6 Å². The third-order valence-corrected chi connectivity index (χ3v) is 22.8. The lowest BCUT2D eigenvalue weighted by Gasteiger charge is -2.18. The highest BCUT2D eigenvalue weighted by molar-refractivity contribution is 7.91. The highest BCUT2D eigenvalue weighted by atomic mass is 35.5. The molecule has 0 aliphatic heterocycles. The standard InChI is InChI=1S/C25H22ClF2NO3S.C25H20ClF2NO3S.C25H22ClF2NO2S/c2*1-2-11-33(31,32)14-16-5-9-21(27)23(24(16)28)25(30)19-8-10-22-20(19)12-17(13-29-22)15-3-6-18(26)7-4-15;1-2-11-32(30,31)15-18-5-9-23(27)22(25(18)28)12-17-6-10-24-21(17)13-19(14-29-24)16-3-7-20(26)8-4-16/h3-9,12-13,25,30H,2,10-11,14H2,1H3;3-9,12-13H,2,10-11,14H2,1H3;3-9,13-14H,2,10-12,15H2,1H3. The second kappa shape index (κ2) is 31.0. The van der Waals surface area contributed by atoms with Gasteiger partial charge in [0.2, 0.25) is 0 Å². The van der Waals surface area contributed by atoms with Gasteiger partial charge in [-0.25, -0.2) is 51.6 Å². The van der Waals surface area contributed by atoms with E-state index < -0.39 is 105 Å². The number of benzene rings is 6. The second-order valence-electron chi connectivity index (χ2n) is 23.8. The average Bonchev–Trinajstić information content (AvgIpc) is 1.22. The minimum atomic E-state index is -3.58. The molecule has 9 aromatic rings. The number of aromatic nitrogens is 3. The predicted molar refractivity (Wildman–Crippen MR) is 375 cm³/mol. The largest absolute Gasteiger partial charge is 0.383 e. The Balaban J connectivity index is 0.000000159. The molecule has 0 amide bonds. The van der Waals surface area contributed by atoms with Crippen molar-refractivity contribution in [2.45, 2.75) is 89.1 Å². The number of allylic oxidation sites excluding steroid dienone is 5. The van der Waals surface area contributed by atoms with E-state index in [9.17, 15) is 48.3 Å². The summed E-state index contributed by atoms with van der Waals surface area (Å²) in [5.74, 6) is -8.30.